The van der Waals surface area contributed by atoms with Gasteiger partial charge in [-0.2, -0.15) is 0 Å². The zero-order valence-corrected chi connectivity index (χ0v) is 39.5. The molecule has 0 rings (SSSR count). The Kier molecular flexibility index (Phi) is 51.0. The zero-order chi connectivity index (χ0) is 41.4. The molecule has 4 nitrogen and oxygen atoms in total. The van der Waals surface area contributed by atoms with Gasteiger partial charge < -0.3 is 9.47 Å². The maximum absolute atomic E-state index is 12.2. The third kappa shape index (κ3) is 47.3. The molecule has 2 unspecified atom stereocenters. The van der Waals surface area contributed by atoms with Crippen molar-refractivity contribution in [1.29, 1.82) is 0 Å². The Morgan fingerprint density at radius 1 is 0.304 bits per heavy atom. The number of esters is 2. The van der Waals surface area contributed by atoms with Crippen molar-refractivity contribution < 1.29 is 19.1 Å². The molecule has 0 fully saturated rings. The number of hydrogen-bond acceptors (Lipinski definition) is 4. The lowest BCUT2D eigenvalue weighted by Gasteiger charge is -2.17. The monoisotopic (exact) mass is 793 g/mol. The minimum atomic E-state index is 0.0167. The molecule has 0 saturated heterocycles. The van der Waals surface area contributed by atoms with E-state index in [1.807, 2.05) is 0 Å². The van der Waals surface area contributed by atoms with Crippen LogP contribution in [0.3, 0.4) is 0 Å². The fourth-order valence-electron chi connectivity index (χ4n) is 7.72. The standard InChI is InChI=1S/C28H56O2.C24H48O2/c1-4-7-10-13-15-16-17-19-22-25-28(29)30-26-27(23-20-12-9-6-3)24-21-18-14-11-8-5-2;1-4-7-9-10-11-12-13-14-15-16-17-18-19-21-24(25)26-22-23(6-3)20-8-5-2/h27H,4-26H2,1-3H3;23H,4-22H2,1-3H3. The van der Waals surface area contributed by atoms with Crippen molar-refractivity contribution in [3.63, 3.8) is 0 Å². The molecule has 0 spiro atoms. The van der Waals surface area contributed by atoms with Crippen molar-refractivity contribution in [1.82, 2.24) is 0 Å². The molecule has 0 bridgehead atoms. The van der Waals surface area contributed by atoms with Gasteiger partial charge in [-0.3, -0.25) is 9.59 Å². The molecule has 0 radical (unpaired) electrons. The van der Waals surface area contributed by atoms with Crippen LogP contribution in [0.5, 0.6) is 0 Å². The Balaban J connectivity index is 0. The largest absolute Gasteiger partial charge is 0.465 e. The average Bonchev–Trinajstić information content (AvgIpc) is 3.20. The normalized spacial score (nSPS) is 12.2. The summed E-state index contributed by atoms with van der Waals surface area (Å²) in [5, 5.41) is 0. The first-order valence-corrected chi connectivity index (χ1v) is 25.8. The Morgan fingerprint density at radius 3 is 0.875 bits per heavy atom. The Hall–Kier alpha value is -1.06. The van der Waals surface area contributed by atoms with Crippen LogP contribution in [0, 0.1) is 11.8 Å². The molecule has 0 N–H and O–H groups in total. The number of unbranched alkanes of at least 4 members (excludes halogenated alkanes) is 29. The summed E-state index contributed by atoms with van der Waals surface area (Å²) in [5.74, 6) is 1.20. The second kappa shape index (κ2) is 50.1. The van der Waals surface area contributed by atoms with Gasteiger partial charge in [0.25, 0.3) is 0 Å². The van der Waals surface area contributed by atoms with Gasteiger partial charge in [-0.1, -0.05) is 253 Å². The number of hydrogen-bond donors (Lipinski definition) is 0. The van der Waals surface area contributed by atoms with Gasteiger partial charge in [0.15, 0.2) is 0 Å². The second-order valence-corrected chi connectivity index (χ2v) is 17.6. The van der Waals surface area contributed by atoms with Gasteiger partial charge in [-0.05, 0) is 43.9 Å². The highest BCUT2D eigenvalue weighted by molar-refractivity contribution is 5.69. The number of carbonyl (C=O) groups is 2. The van der Waals surface area contributed by atoms with Gasteiger partial charge >= 0.3 is 11.9 Å². The quantitative estimate of drug-likeness (QED) is 0.0455. The molecule has 0 aromatic heterocycles. The molecule has 56 heavy (non-hydrogen) atoms. The van der Waals surface area contributed by atoms with Gasteiger partial charge in [0, 0.05) is 12.8 Å². The molecule has 0 saturated carbocycles. The summed E-state index contributed by atoms with van der Waals surface area (Å²) in [6.07, 6.45) is 50.9. The average molecular weight is 793 g/mol. The van der Waals surface area contributed by atoms with E-state index in [9.17, 15) is 9.59 Å². The van der Waals surface area contributed by atoms with Crippen LogP contribution in [0.15, 0.2) is 0 Å². The third-order valence-electron chi connectivity index (χ3n) is 11.9. The van der Waals surface area contributed by atoms with E-state index in [0.29, 0.717) is 37.9 Å². The molecular formula is C52H104O4. The summed E-state index contributed by atoms with van der Waals surface area (Å²) in [6.45, 7) is 14.8. The summed E-state index contributed by atoms with van der Waals surface area (Å²) in [7, 11) is 0. The van der Waals surface area contributed by atoms with Gasteiger partial charge in [0.05, 0.1) is 13.2 Å². The van der Waals surface area contributed by atoms with Crippen molar-refractivity contribution in [2.75, 3.05) is 13.2 Å². The summed E-state index contributed by atoms with van der Waals surface area (Å²) < 4.78 is 11.2. The SMILES string of the molecule is CCCCCCCCCCCC(=O)OCC(CCCCCC)CCCCCCCC.CCCCCCCCCCCCCCCC(=O)OCC(CC)CCCC. The van der Waals surface area contributed by atoms with Crippen molar-refractivity contribution in [2.24, 2.45) is 11.8 Å². The topological polar surface area (TPSA) is 52.6 Å². The van der Waals surface area contributed by atoms with Crippen molar-refractivity contribution in [2.45, 2.75) is 298 Å². The summed E-state index contributed by atoms with van der Waals surface area (Å²) in [5.41, 5.74) is 0. The smallest absolute Gasteiger partial charge is 0.305 e. The molecule has 2 atom stereocenters. The number of rotatable bonds is 44. The Labute approximate surface area is 353 Å². The fourth-order valence-corrected chi connectivity index (χ4v) is 7.72. The Morgan fingerprint density at radius 2 is 0.554 bits per heavy atom. The first-order chi connectivity index (χ1) is 27.5. The van der Waals surface area contributed by atoms with E-state index in [4.69, 9.17) is 9.47 Å². The molecule has 336 valence electrons. The minimum absolute atomic E-state index is 0.0167. The molecule has 0 heterocycles. The van der Waals surface area contributed by atoms with Gasteiger partial charge in [-0.15, -0.1) is 0 Å². The summed E-state index contributed by atoms with van der Waals surface area (Å²) in [4.78, 5) is 24.0. The van der Waals surface area contributed by atoms with Gasteiger partial charge in [0.2, 0.25) is 0 Å². The molecule has 0 aromatic rings. The van der Waals surface area contributed by atoms with Crippen LogP contribution in [0.1, 0.15) is 298 Å². The molecule has 0 aliphatic rings. The maximum atomic E-state index is 12.2. The van der Waals surface area contributed by atoms with Crippen LogP contribution < -0.4 is 0 Å². The molecule has 0 aliphatic carbocycles. The highest BCUT2D eigenvalue weighted by atomic mass is 16.5. The number of carbonyl (C=O) groups excluding carboxylic acids is 2. The van der Waals surface area contributed by atoms with Crippen molar-refractivity contribution >= 4 is 11.9 Å². The zero-order valence-electron chi connectivity index (χ0n) is 39.5. The predicted molar refractivity (Wildman–Crippen MR) is 248 cm³/mol. The highest BCUT2D eigenvalue weighted by Crippen LogP contribution is 2.20. The molecule has 0 aliphatic heterocycles. The minimum Gasteiger partial charge on any atom is -0.465 e. The van der Waals surface area contributed by atoms with E-state index in [1.54, 1.807) is 0 Å². The van der Waals surface area contributed by atoms with E-state index in [-0.39, 0.29) is 11.9 Å². The Bertz CT molecular complexity index is 751. The van der Waals surface area contributed by atoms with Crippen LogP contribution in [-0.4, -0.2) is 25.2 Å². The number of ether oxygens (including phenoxy) is 2. The molecule has 0 amide bonds. The molecule has 0 aromatic carbocycles. The summed E-state index contributed by atoms with van der Waals surface area (Å²) >= 11 is 0. The van der Waals surface area contributed by atoms with Crippen LogP contribution in [0.25, 0.3) is 0 Å². The molecule has 4 heteroatoms. The van der Waals surface area contributed by atoms with E-state index >= 15 is 0 Å². The lowest BCUT2D eigenvalue weighted by atomic mass is 9.95. The van der Waals surface area contributed by atoms with Crippen molar-refractivity contribution in [3.05, 3.63) is 0 Å². The van der Waals surface area contributed by atoms with Crippen LogP contribution in [0.4, 0.5) is 0 Å². The van der Waals surface area contributed by atoms with E-state index in [2.05, 4.69) is 41.5 Å². The van der Waals surface area contributed by atoms with E-state index in [0.717, 1.165) is 19.3 Å². The van der Waals surface area contributed by atoms with Crippen LogP contribution in [-0.2, 0) is 19.1 Å². The summed E-state index contributed by atoms with van der Waals surface area (Å²) in [6, 6.07) is 0. The lowest BCUT2D eigenvalue weighted by molar-refractivity contribution is -0.146. The van der Waals surface area contributed by atoms with E-state index < -0.39 is 0 Å². The fraction of sp³-hybridized carbons (Fsp3) is 0.962. The van der Waals surface area contributed by atoms with Crippen molar-refractivity contribution in [3.8, 4) is 0 Å². The third-order valence-corrected chi connectivity index (χ3v) is 11.9. The van der Waals surface area contributed by atoms with Crippen LogP contribution >= 0.6 is 0 Å². The van der Waals surface area contributed by atoms with Gasteiger partial charge in [0.1, 0.15) is 0 Å². The highest BCUT2D eigenvalue weighted by Gasteiger charge is 2.13. The lowest BCUT2D eigenvalue weighted by Crippen LogP contribution is -2.14. The first-order valence-electron chi connectivity index (χ1n) is 25.8. The van der Waals surface area contributed by atoms with Gasteiger partial charge in [-0.25, -0.2) is 0 Å². The first kappa shape index (κ1) is 57.0. The molecular weight excluding hydrogens is 689 g/mol. The predicted octanol–water partition coefficient (Wildman–Crippen LogP) is 18.0. The van der Waals surface area contributed by atoms with Crippen LogP contribution in [0.2, 0.25) is 0 Å². The maximum Gasteiger partial charge on any atom is 0.305 e. The van der Waals surface area contributed by atoms with E-state index in [1.165, 1.54) is 225 Å². The second-order valence-electron chi connectivity index (χ2n) is 17.6.